The highest BCUT2D eigenvalue weighted by molar-refractivity contribution is 9.10. The van der Waals surface area contributed by atoms with Gasteiger partial charge in [-0.1, -0.05) is 28.1 Å². The van der Waals surface area contributed by atoms with Crippen molar-refractivity contribution < 1.29 is 14.3 Å². The molecule has 2 rings (SSSR count). The number of carbonyl (C=O) groups excluding carboxylic acids is 1. The second-order valence-corrected chi connectivity index (χ2v) is 5.70. The summed E-state index contributed by atoms with van der Waals surface area (Å²) in [5.41, 5.74) is 1.00. The van der Waals surface area contributed by atoms with Crippen LogP contribution in [0.3, 0.4) is 0 Å². The van der Waals surface area contributed by atoms with E-state index in [-0.39, 0.29) is 5.91 Å². The first-order valence-electron chi connectivity index (χ1n) is 6.91. The molecule has 1 amide bonds. The minimum atomic E-state index is -0.556. The monoisotopic (exact) mass is 363 g/mol. The summed E-state index contributed by atoms with van der Waals surface area (Å²) < 4.78 is 11.7. The van der Waals surface area contributed by atoms with Gasteiger partial charge in [-0.15, -0.1) is 0 Å². The van der Waals surface area contributed by atoms with Gasteiger partial charge in [0, 0.05) is 11.0 Å². The van der Waals surface area contributed by atoms with Gasteiger partial charge in [-0.2, -0.15) is 0 Å². The van der Waals surface area contributed by atoms with Gasteiger partial charge in [0.1, 0.15) is 11.5 Å². The second kappa shape index (κ2) is 7.84. The molecule has 1 N–H and O–H groups in total. The van der Waals surface area contributed by atoms with Crippen molar-refractivity contribution in [1.29, 1.82) is 0 Å². The van der Waals surface area contributed by atoms with E-state index in [1.165, 1.54) is 0 Å². The minimum Gasteiger partial charge on any atom is -0.497 e. The Morgan fingerprint density at radius 3 is 2.27 bits per heavy atom. The van der Waals surface area contributed by atoms with Crippen molar-refractivity contribution in [2.24, 2.45) is 0 Å². The van der Waals surface area contributed by atoms with E-state index in [2.05, 4.69) is 21.2 Å². The van der Waals surface area contributed by atoms with Crippen LogP contribution in [0, 0.1) is 0 Å². The smallest absolute Gasteiger partial charge is 0.261 e. The quantitative estimate of drug-likeness (QED) is 0.853. The number of benzene rings is 2. The molecule has 0 bridgehead atoms. The van der Waals surface area contributed by atoms with Crippen LogP contribution < -0.4 is 14.8 Å². The largest absolute Gasteiger partial charge is 0.497 e. The van der Waals surface area contributed by atoms with Crippen LogP contribution in [0.4, 0.5) is 0 Å². The van der Waals surface area contributed by atoms with Crippen LogP contribution in [0.5, 0.6) is 11.5 Å². The molecule has 0 radical (unpaired) electrons. The van der Waals surface area contributed by atoms with Gasteiger partial charge in [0.15, 0.2) is 6.10 Å². The van der Waals surface area contributed by atoms with Crippen LogP contribution in [-0.2, 0) is 11.3 Å². The summed E-state index contributed by atoms with van der Waals surface area (Å²) in [4.78, 5) is 12.0. The number of hydrogen-bond acceptors (Lipinski definition) is 3. The van der Waals surface area contributed by atoms with Crippen molar-refractivity contribution >= 4 is 21.8 Å². The van der Waals surface area contributed by atoms with Crippen LogP contribution in [0.1, 0.15) is 12.5 Å². The molecule has 0 unspecified atom stereocenters. The first-order chi connectivity index (χ1) is 10.6. The van der Waals surface area contributed by atoms with Gasteiger partial charge in [0.25, 0.3) is 5.91 Å². The lowest BCUT2D eigenvalue weighted by Crippen LogP contribution is -2.35. The van der Waals surface area contributed by atoms with Crippen LogP contribution in [-0.4, -0.2) is 19.1 Å². The third-order valence-corrected chi connectivity index (χ3v) is 3.65. The van der Waals surface area contributed by atoms with Crippen molar-refractivity contribution in [1.82, 2.24) is 5.32 Å². The molecule has 0 saturated carbocycles. The predicted octanol–water partition coefficient (Wildman–Crippen LogP) is 3.54. The SMILES string of the molecule is COc1ccc(CNC(=O)[C@@H](C)Oc2ccc(Br)cc2)cc1. The Kier molecular flexibility index (Phi) is 5.83. The van der Waals surface area contributed by atoms with E-state index < -0.39 is 6.10 Å². The number of halogens is 1. The summed E-state index contributed by atoms with van der Waals surface area (Å²) >= 11 is 3.36. The molecule has 0 aliphatic carbocycles. The van der Waals surface area contributed by atoms with Crippen molar-refractivity contribution in [2.75, 3.05) is 7.11 Å². The number of carbonyl (C=O) groups is 1. The molecule has 0 saturated heterocycles. The third kappa shape index (κ3) is 4.77. The molecule has 5 heteroatoms. The summed E-state index contributed by atoms with van der Waals surface area (Å²) in [5, 5.41) is 2.85. The van der Waals surface area contributed by atoms with Crippen molar-refractivity contribution in [3.63, 3.8) is 0 Å². The summed E-state index contributed by atoms with van der Waals surface area (Å²) in [5.74, 6) is 1.30. The fourth-order valence-corrected chi connectivity index (χ4v) is 2.11. The van der Waals surface area contributed by atoms with E-state index in [0.717, 1.165) is 15.8 Å². The molecular weight excluding hydrogens is 346 g/mol. The number of amides is 1. The molecule has 0 spiro atoms. The van der Waals surface area contributed by atoms with E-state index >= 15 is 0 Å². The summed E-state index contributed by atoms with van der Waals surface area (Å²) in [6.07, 6.45) is -0.556. The standard InChI is InChI=1S/C17H18BrNO3/c1-12(22-16-9-5-14(18)6-10-16)17(20)19-11-13-3-7-15(21-2)8-4-13/h3-10,12H,11H2,1-2H3,(H,19,20)/t12-/m1/s1. The van der Waals surface area contributed by atoms with Crippen LogP contribution in [0.15, 0.2) is 53.0 Å². The zero-order valence-electron chi connectivity index (χ0n) is 12.5. The van der Waals surface area contributed by atoms with Gasteiger partial charge >= 0.3 is 0 Å². The zero-order valence-corrected chi connectivity index (χ0v) is 14.1. The average molecular weight is 364 g/mol. The summed E-state index contributed by atoms with van der Waals surface area (Å²) in [6, 6.07) is 14.9. The number of rotatable bonds is 6. The van der Waals surface area contributed by atoms with Gasteiger partial charge in [-0.05, 0) is 48.9 Å². The molecular formula is C17H18BrNO3. The first kappa shape index (κ1) is 16.4. The lowest BCUT2D eigenvalue weighted by atomic mass is 10.2. The van der Waals surface area contributed by atoms with Gasteiger partial charge in [-0.25, -0.2) is 0 Å². The molecule has 0 aliphatic rings. The van der Waals surface area contributed by atoms with E-state index in [1.807, 2.05) is 48.5 Å². The Bertz CT molecular complexity index is 611. The minimum absolute atomic E-state index is 0.154. The normalized spacial score (nSPS) is 11.6. The third-order valence-electron chi connectivity index (χ3n) is 3.12. The lowest BCUT2D eigenvalue weighted by molar-refractivity contribution is -0.127. The number of hydrogen-bond donors (Lipinski definition) is 1. The summed E-state index contributed by atoms with van der Waals surface area (Å²) in [6.45, 7) is 2.18. The molecule has 4 nitrogen and oxygen atoms in total. The molecule has 0 heterocycles. The Balaban J connectivity index is 1.84. The van der Waals surface area contributed by atoms with Crippen LogP contribution >= 0.6 is 15.9 Å². The molecule has 116 valence electrons. The number of ether oxygens (including phenoxy) is 2. The van der Waals surface area contributed by atoms with E-state index in [9.17, 15) is 4.79 Å². The fourth-order valence-electron chi connectivity index (χ4n) is 1.85. The van der Waals surface area contributed by atoms with Gasteiger partial charge in [-0.3, -0.25) is 4.79 Å². The highest BCUT2D eigenvalue weighted by Crippen LogP contribution is 2.17. The van der Waals surface area contributed by atoms with Crippen molar-refractivity contribution in [3.8, 4) is 11.5 Å². The van der Waals surface area contributed by atoms with Gasteiger partial charge in [0.2, 0.25) is 0 Å². The number of methoxy groups -OCH3 is 1. The molecule has 0 aromatic heterocycles. The van der Waals surface area contributed by atoms with E-state index in [4.69, 9.17) is 9.47 Å². The molecule has 2 aromatic carbocycles. The molecule has 0 fully saturated rings. The summed E-state index contributed by atoms with van der Waals surface area (Å²) in [7, 11) is 1.62. The van der Waals surface area contributed by atoms with E-state index in [0.29, 0.717) is 12.3 Å². The fraction of sp³-hybridized carbons (Fsp3) is 0.235. The Morgan fingerprint density at radius 2 is 1.68 bits per heavy atom. The van der Waals surface area contributed by atoms with Crippen molar-refractivity contribution in [3.05, 3.63) is 58.6 Å². The Labute approximate surface area is 138 Å². The molecule has 22 heavy (non-hydrogen) atoms. The predicted molar refractivity (Wildman–Crippen MR) is 89.1 cm³/mol. The zero-order chi connectivity index (χ0) is 15.9. The maximum absolute atomic E-state index is 12.0. The average Bonchev–Trinajstić information content (AvgIpc) is 2.55. The topological polar surface area (TPSA) is 47.6 Å². The Morgan fingerprint density at radius 1 is 1.09 bits per heavy atom. The molecule has 2 aromatic rings. The Hall–Kier alpha value is -2.01. The van der Waals surface area contributed by atoms with Gasteiger partial charge in [0.05, 0.1) is 7.11 Å². The van der Waals surface area contributed by atoms with Crippen molar-refractivity contribution in [2.45, 2.75) is 19.6 Å². The highest BCUT2D eigenvalue weighted by Gasteiger charge is 2.14. The first-order valence-corrected chi connectivity index (χ1v) is 7.70. The highest BCUT2D eigenvalue weighted by atomic mass is 79.9. The molecule has 1 atom stereocenters. The van der Waals surface area contributed by atoms with Gasteiger partial charge < -0.3 is 14.8 Å². The lowest BCUT2D eigenvalue weighted by Gasteiger charge is -2.15. The molecule has 0 aliphatic heterocycles. The maximum atomic E-state index is 12.0. The van der Waals surface area contributed by atoms with Crippen LogP contribution in [0.2, 0.25) is 0 Å². The second-order valence-electron chi connectivity index (χ2n) is 4.78. The van der Waals surface area contributed by atoms with E-state index in [1.54, 1.807) is 14.0 Å². The van der Waals surface area contributed by atoms with Crippen LogP contribution in [0.25, 0.3) is 0 Å². The maximum Gasteiger partial charge on any atom is 0.261 e. The number of nitrogens with one attached hydrogen (secondary N) is 1.